The molecule has 1 rings (SSSR count). The van der Waals surface area contributed by atoms with Crippen molar-refractivity contribution in [2.75, 3.05) is 13.1 Å². The summed E-state index contributed by atoms with van der Waals surface area (Å²) in [7, 11) is -1.37. The zero-order valence-electron chi connectivity index (χ0n) is 15.7. The molecule has 0 aliphatic heterocycles. The van der Waals surface area contributed by atoms with Crippen LogP contribution < -0.4 is 0 Å². The lowest BCUT2D eigenvalue weighted by Crippen LogP contribution is -2.41. The predicted molar refractivity (Wildman–Crippen MR) is 107 cm³/mol. The lowest BCUT2D eigenvalue weighted by molar-refractivity contribution is 0.184. The summed E-state index contributed by atoms with van der Waals surface area (Å²) in [6.07, 6.45) is 10.9. The summed E-state index contributed by atoms with van der Waals surface area (Å²) in [4.78, 5) is 2.49. The lowest BCUT2D eigenvalue weighted by atomic mass is 9.83. The zero-order valence-corrected chi connectivity index (χ0v) is 16.7. The normalized spacial score (nSPS) is 17.4. The second kappa shape index (κ2) is 10.9. The molecular formula is C21H37NSi. The number of rotatable bonds is 9. The molecule has 0 spiro atoms. The van der Waals surface area contributed by atoms with E-state index in [9.17, 15) is 0 Å². The van der Waals surface area contributed by atoms with Crippen LogP contribution in [0.25, 0.3) is 0 Å². The molecule has 1 aliphatic rings. The van der Waals surface area contributed by atoms with Gasteiger partial charge in [-0.2, -0.15) is 0 Å². The number of nitrogens with zero attached hydrogens (tertiary/aromatic N) is 1. The summed E-state index contributed by atoms with van der Waals surface area (Å²) in [5.41, 5.74) is 3.86. The van der Waals surface area contributed by atoms with E-state index in [0.29, 0.717) is 6.04 Å². The Balaban J connectivity index is 3.06. The highest BCUT2D eigenvalue weighted by Gasteiger charge is 2.29. The van der Waals surface area contributed by atoms with Crippen molar-refractivity contribution in [1.82, 2.24) is 4.90 Å². The van der Waals surface area contributed by atoms with Crippen molar-refractivity contribution in [2.45, 2.75) is 77.0 Å². The molecule has 0 bridgehead atoms. The maximum atomic E-state index is 3.95. The van der Waals surface area contributed by atoms with Crippen LogP contribution in [0.2, 0.25) is 18.1 Å². The van der Waals surface area contributed by atoms with Gasteiger partial charge in [0.25, 0.3) is 0 Å². The van der Waals surface area contributed by atoms with Crippen molar-refractivity contribution < 1.29 is 0 Å². The molecule has 0 saturated heterocycles. The van der Waals surface area contributed by atoms with Gasteiger partial charge in [0.15, 0.2) is 0 Å². The topological polar surface area (TPSA) is 3.24 Å². The summed E-state index contributed by atoms with van der Waals surface area (Å²) in [6, 6.07) is 4.25. The Bertz CT molecular complexity index is 389. The molecule has 0 heterocycles. The van der Waals surface area contributed by atoms with Crippen LogP contribution in [0.5, 0.6) is 0 Å². The first-order valence-electron chi connectivity index (χ1n) is 9.64. The SMILES string of the molecule is C=CCN(CC=C)C(C#C[Si](CC)(CC)CC)C1CCCCC1. The van der Waals surface area contributed by atoms with Crippen molar-refractivity contribution in [3.63, 3.8) is 0 Å². The lowest BCUT2D eigenvalue weighted by Gasteiger charge is -2.35. The molecule has 1 nitrogen and oxygen atoms in total. The molecule has 1 aliphatic carbocycles. The first-order chi connectivity index (χ1) is 11.2. The Kier molecular flexibility index (Phi) is 9.59. The van der Waals surface area contributed by atoms with Crippen molar-refractivity contribution in [3.05, 3.63) is 25.3 Å². The predicted octanol–water partition coefficient (Wildman–Crippen LogP) is 5.66. The third-order valence-corrected chi connectivity index (χ3v) is 10.5. The van der Waals surface area contributed by atoms with E-state index in [1.165, 1.54) is 50.2 Å². The van der Waals surface area contributed by atoms with Crippen LogP contribution in [-0.4, -0.2) is 32.1 Å². The molecule has 1 saturated carbocycles. The van der Waals surface area contributed by atoms with E-state index in [0.717, 1.165) is 19.0 Å². The van der Waals surface area contributed by atoms with Crippen molar-refractivity contribution in [3.8, 4) is 11.5 Å². The molecule has 0 aromatic carbocycles. The van der Waals surface area contributed by atoms with E-state index in [1.807, 2.05) is 12.2 Å². The van der Waals surface area contributed by atoms with Crippen molar-refractivity contribution >= 4 is 8.07 Å². The third kappa shape index (κ3) is 5.97. The highest BCUT2D eigenvalue weighted by Crippen LogP contribution is 2.29. The Morgan fingerprint density at radius 1 is 1.00 bits per heavy atom. The van der Waals surface area contributed by atoms with Gasteiger partial charge in [0.05, 0.1) is 6.04 Å². The summed E-state index contributed by atoms with van der Waals surface area (Å²) in [6.45, 7) is 16.8. The molecular weight excluding hydrogens is 294 g/mol. The molecule has 1 atom stereocenters. The van der Waals surface area contributed by atoms with Crippen LogP contribution in [0.3, 0.4) is 0 Å². The van der Waals surface area contributed by atoms with Gasteiger partial charge in [0, 0.05) is 13.1 Å². The summed E-state index contributed by atoms with van der Waals surface area (Å²) in [5, 5.41) is 0. The molecule has 0 aromatic heterocycles. The molecule has 0 aromatic rings. The van der Waals surface area contributed by atoms with E-state index in [-0.39, 0.29) is 0 Å². The Morgan fingerprint density at radius 3 is 1.96 bits per heavy atom. The third-order valence-electron chi connectivity index (χ3n) is 5.73. The fourth-order valence-corrected chi connectivity index (χ4v) is 6.32. The van der Waals surface area contributed by atoms with E-state index >= 15 is 0 Å². The van der Waals surface area contributed by atoms with Gasteiger partial charge in [-0.15, -0.1) is 18.7 Å². The average molecular weight is 332 g/mol. The Hall–Kier alpha value is -0.783. The molecule has 0 radical (unpaired) electrons. The molecule has 130 valence electrons. The monoisotopic (exact) mass is 331 g/mol. The van der Waals surface area contributed by atoms with Gasteiger partial charge in [-0.3, -0.25) is 4.90 Å². The molecule has 1 fully saturated rings. The van der Waals surface area contributed by atoms with Crippen molar-refractivity contribution in [2.24, 2.45) is 5.92 Å². The quantitative estimate of drug-likeness (QED) is 0.299. The first kappa shape index (κ1) is 20.3. The summed E-state index contributed by atoms with van der Waals surface area (Å²) >= 11 is 0. The van der Waals surface area contributed by atoms with Crippen LogP contribution in [-0.2, 0) is 0 Å². The second-order valence-corrected chi connectivity index (χ2v) is 11.9. The molecule has 23 heavy (non-hydrogen) atoms. The summed E-state index contributed by atoms with van der Waals surface area (Å²) < 4.78 is 0. The Morgan fingerprint density at radius 2 is 1.52 bits per heavy atom. The fraction of sp³-hybridized carbons (Fsp3) is 0.714. The van der Waals surface area contributed by atoms with Gasteiger partial charge in [-0.25, -0.2) is 0 Å². The minimum Gasteiger partial charge on any atom is -0.282 e. The van der Waals surface area contributed by atoms with Gasteiger partial charge >= 0.3 is 0 Å². The van der Waals surface area contributed by atoms with Crippen LogP contribution in [0.4, 0.5) is 0 Å². The molecule has 2 heteroatoms. The van der Waals surface area contributed by atoms with E-state index in [2.05, 4.69) is 50.3 Å². The van der Waals surface area contributed by atoms with Gasteiger partial charge in [0.2, 0.25) is 0 Å². The van der Waals surface area contributed by atoms with E-state index in [1.54, 1.807) is 0 Å². The molecule has 0 N–H and O–H groups in total. The van der Waals surface area contributed by atoms with E-state index < -0.39 is 8.07 Å². The smallest absolute Gasteiger partial charge is 0.137 e. The van der Waals surface area contributed by atoms with Gasteiger partial charge in [-0.1, -0.05) is 58.1 Å². The van der Waals surface area contributed by atoms with E-state index in [4.69, 9.17) is 0 Å². The largest absolute Gasteiger partial charge is 0.282 e. The van der Waals surface area contributed by atoms with Crippen LogP contribution in [0.1, 0.15) is 52.9 Å². The van der Waals surface area contributed by atoms with Gasteiger partial charge < -0.3 is 0 Å². The second-order valence-electron chi connectivity index (χ2n) is 6.98. The van der Waals surface area contributed by atoms with Crippen molar-refractivity contribution in [1.29, 1.82) is 0 Å². The van der Waals surface area contributed by atoms with Gasteiger partial charge in [0.1, 0.15) is 8.07 Å². The van der Waals surface area contributed by atoms with Crippen LogP contribution >= 0.6 is 0 Å². The first-order valence-corrected chi connectivity index (χ1v) is 12.3. The average Bonchev–Trinajstić information content (AvgIpc) is 2.60. The maximum absolute atomic E-state index is 3.95. The van der Waals surface area contributed by atoms with Gasteiger partial charge in [-0.05, 0) is 36.9 Å². The minimum atomic E-state index is -1.37. The Labute approximate surface area is 146 Å². The molecule has 0 amide bonds. The number of hydrogen-bond donors (Lipinski definition) is 0. The fourth-order valence-electron chi connectivity index (χ4n) is 3.83. The van der Waals surface area contributed by atoms with Crippen LogP contribution in [0, 0.1) is 17.4 Å². The zero-order chi connectivity index (χ0) is 17.1. The maximum Gasteiger partial charge on any atom is 0.137 e. The minimum absolute atomic E-state index is 0.392. The van der Waals surface area contributed by atoms with Crippen LogP contribution in [0.15, 0.2) is 25.3 Å². The standard InChI is InChI=1S/C21H37NSi/c1-6-17-22(18-7-2)21(20-14-12-11-13-15-20)16-19-23(8-3,9-4)10-5/h6-7,20-21H,1-2,8-15,17-18H2,3-5H3. The summed E-state index contributed by atoms with van der Waals surface area (Å²) in [5.74, 6) is 4.52. The highest BCUT2D eigenvalue weighted by atomic mass is 28.3. The number of hydrogen-bond acceptors (Lipinski definition) is 1. The molecule has 1 unspecified atom stereocenters. The highest BCUT2D eigenvalue weighted by molar-refractivity contribution is 6.87.